The Kier molecular flexibility index (Phi) is 8.27. The summed E-state index contributed by atoms with van der Waals surface area (Å²) in [6, 6.07) is 30.0. The van der Waals surface area contributed by atoms with E-state index in [1.54, 1.807) is 6.07 Å². The molecule has 2 amide bonds. The van der Waals surface area contributed by atoms with E-state index in [9.17, 15) is 14.4 Å². The summed E-state index contributed by atoms with van der Waals surface area (Å²) in [5.74, 6) is -1.65. The zero-order chi connectivity index (χ0) is 25.2. The second-order valence-corrected chi connectivity index (χ2v) is 8.12. The summed E-state index contributed by atoms with van der Waals surface area (Å²) in [6.45, 7) is -0.489. The van der Waals surface area contributed by atoms with Gasteiger partial charge in [0.2, 0.25) is 0 Å². The molecule has 0 unspecified atom stereocenters. The highest BCUT2D eigenvalue weighted by Crippen LogP contribution is 2.21. The van der Waals surface area contributed by atoms with Gasteiger partial charge < -0.3 is 19.8 Å². The van der Waals surface area contributed by atoms with E-state index in [1.165, 1.54) is 12.3 Å². The highest BCUT2D eigenvalue weighted by Gasteiger charge is 2.26. The number of carbonyl (C=O) groups excluding carboxylic acids is 3. The average Bonchev–Trinajstić information content (AvgIpc) is 3.47. The molecule has 0 spiro atoms. The third-order valence-corrected chi connectivity index (χ3v) is 5.53. The minimum absolute atomic E-state index is 0.0761. The molecule has 0 fully saturated rings. The van der Waals surface area contributed by atoms with Gasteiger partial charge in [0.25, 0.3) is 11.8 Å². The number of benzene rings is 3. The lowest BCUT2D eigenvalue weighted by atomic mass is 9.99. The molecule has 182 valence electrons. The number of esters is 1. The predicted octanol–water partition coefficient (Wildman–Crippen LogP) is 4.07. The molecule has 7 nitrogen and oxygen atoms in total. The molecule has 4 aromatic rings. The van der Waals surface area contributed by atoms with Gasteiger partial charge >= 0.3 is 5.97 Å². The molecule has 36 heavy (non-hydrogen) atoms. The summed E-state index contributed by atoms with van der Waals surface area (Å²) in [5, 5.41) is 5.58. The molecule has 2 N–H and O–H groups in total. The van der Waals surface area contributed by atoms with Crippen molar-refractivity contribution >= 4 is 17.8 Å². The van der Waals surface area contributed by atoms with Crippen LogP contribution in [0, 0.1) is 0 Å². The van der Waals surface area contributed by atoms with Crippen LogP contribution in [0.4, 0.5) is 0 Å². The molecule has 0 aliphatic carbocycles. The van der Waals surface area contributed by atoms with Crippen LogP contribution in [-0.2, 0) is 20.7 Å². The normalized spacial score (nSPS) is 11.5. The monoisotopic (exact) mass is 482 g/mol. The van der Waals surface area contributed by atoms with E-state index in [4.69, 9.17) is 9.15 Å². The Morgan fingerprint density at radius 2 is 1.31 bits per heavy atom. The quantitative estimate of drug-likeness (QED) is 0.332. The van der Waals surface area contributed by atoms with Crippen LogP contribution >= 0.6 is 0 Å². The van der Waals surface area contributed by atoms with E-state index in [0.717, 1.165) is 16.7 Å². The zero-order valence-corrected chi connectivity index (χ0v) is 19.5. The van der Waals surface area contributed by atoms with Crippen molar-refractivity contribution in [1.29, 1.82) is 0 Å². The average molecular weight is 483 g/mol. The van der Waals surface area contributed by atoms with Crippen LogP contribution in [0.5, 0.6) is 0 Å². The lowest BCUT2D eigenvalue weighted by Gasteiger charge is -2.21. The van der Waals surface area contributed by atoms with Gasteiger partial charge in [-0.3, -0.25) is 9.59 Å². The van der Waals surface area contributed by atoms with Crippen molar-refractivity contribution in [2.24, 2.45) is 0 Å². The van der Waals surface area contributed by atoms with Gasteiger partial charge in [0.05, 0.1) is 12.3 Å². The topological polar surface area (TPSA) is 97.6 Å². The SMILES string of the molecule is O=C(COC(=O)[C@H](Cc1ccccc1)NC(=O)c1ccco1)NC(c1ccccc1)c1ccccc1. The fraction of sp³-hybridized carbons (Fsp3) is 0.138. The number of hydrogen-bond donors (Lipinski definition) is 2. The molecule has 0 saturated carbocycles. The van der Waals surface area contributed by atoms with Crippen LogP contribution in [0.25, 0.3) is 0 Å². The number of amides is 2. The highest BCUT2D eigenvalue weighted by atomic mass is 16.5. The number of ether oxygens (including phenoxy) is 1. The van der Waals surface area contributed by atoms with Gasteiger partial charge in [0, 0.05) is 6.42 Å². The smallest absolute Gasteiger partial charge is 0.329 e. The molecule has 0 bridgehead atoms. The Morgan fingerprint density at radius 3 is 1.86 bits per heavy atom. The first kappa shape index (κ1) is 24.5. The number of nitrogens with one attached hydrogen (secondary N) is 2. The Morgan fingerprint density at radius 1 is 0.722 bits per heavy atom. The van der Waals surface area contributed by atoms with Gasteiger partial charge in [-0.25, -0.2) is 4.79 Å². The molecule has 3 aromatic carbocycles. The Hall–Kier alpha value is -4.65. The maximum Gasteiger partial charge on any atom is 0.329 e. The third-order valence-electron chi connectivity index (χ3n) is 5.53. The molecule has 0 radical (unpaired) electrons. The number of furan rings is 1. The highest BCUT2D eigenvalue weighted by molar-refractivity contribution is 5.94. The Labute approximate surface area is 209 Å². The fourth-order valence-corrected chi connectivity index (χ4v) is 3.77. The van der Waals surface area contributed by atoms with E-state index in [1.807, 2.05) is 91.0 Å². The second-order valence-electron chi connectivity index (χ2n) is 8.12. The first-order chi connectivity index (χ1) is 17.6. The molecule has 0 aliphatic heterocycles. The molecule has 1 aromatic heterocycles. The van der Waals surface area contributed by atoms with Gasteiger partial charge in [0.15, 0.2) is 12.4 Å². The third kappa shape index (κ3) is 6.70. The summed E-state index contributed by atoms with van der Waals surface area (Å²) >= 11 is 0. The van der Waals surface area contributed by atoms with Crippen LogP contribution < -0.4 is 10.6 Å². The van der Waals surface area contributed by atoms with Gasteiger partial charge in [-0.2, -0.15) is 0 Å². The molecule has 7 heteroatoms. The molecular weight excluding hydrogens is 456 g/mol. The summed E-state index contributed by atoms with van der Waals surface area (Å²) in [6.07, 6.45) is 1.57. The Balaban J connectivity index is 1.42. The van der Waals surface area contributed by atoms with Crippen LogP contribution in [0.3, 0.4) is 0 Å². The van der Waals surface area contributed by atoms with E-state index < -0.39 is 36.5 Å². The van der Waals surface area contributed by atoms with E-state index in [0.29, 0.717) is 0 Å². The van der Waals surface area contributed by atoms with Crippen molar-refractivity contribution in [3.63, 3.8) is 0 Å². The van der Waals surface area contributed by atoms with E-state index in [2.05, 4.69) is 10.6 Å². The number of rotatable bonds is 10. The molecule has 1 heterocycles. The lowest BCUT2D eigenvalue weighted by Crippen LogP contribution is -2.44. The van der Waals surface area contributed by atoms with Crippen molar-refractivity contribution < 1.29 is 23.5 Å². The standard InChI is InChI=1S/C29H26N2O5/c32-26(31-27(22-13-6-2-7-14-22)23-15-8-3-9-16-23)20-36-29(34)24(19-21-11-4-1-5-12-21)30-28(33)25-17-10-18-35-25/h1-18,24,27H,19-20H2,(H,30,33)(H,31,32)/t24-/m0/s1. The maximum absolute atomic E-state index is 12.9. The summed E-state index contributed by atoms with van der Waals surface area (Å²) in [5.41, 5.74) is 2.63. The van der Waals surface area contributed by atoms with Crippen LogP contribution in [0.15, 0.2) is 114 Å². The fourth-order valence-electron chi connectivity index (χ4n) is 3.77. The van der Waals surface area contributed by atoms with Gasteiger partial charge in [0.1, 0.15) is 6.04 Å². The minimum atomic E-state index is -1.00. The summed E-state index contributed by atoms with van der Waals surface area (Å²) in [7, 11) is 0. The van der Waals surface area contributed by atoms with Gasteiger partial charge in [-0.05, 0) is 28.8 Å². The predicted molar refractivity (Wildman–Crippen MR) is 134 cm³/mol. The lowest BCUT2D eigenvalue weighted by molar-refractivity contribution is -0.150. The van der Waals surface area contributed by atoms with Crippen molar-refractivity contribution in [2.75, 3.05) is 6.61 Å². The molecule has 4 rings (SSSR count). The molecular formula is C29H26N2O5. The zero-order valence-electron chi connectivity index (χ0n) is 19.5. The van der Waals surface area contributed by atoms with Crippen molar-refractivity contribution in [3.05, 3.63) is 132 Å². The van der Waals surface area contributed by atoms with E-state index in [-0.39, 0.29) is 12.2 Å². The van der Waals surface area contributed by atoms with Gasteiger partial charge in [-0.1, -0.05) is 91.0 Å². The van der Waals surface area contributed by atoms with Crippen LogP contribution in [0.1, 0.15) is 33.3 Å². The Bertz CT molecular complexity index is 1220. The summed E-state index contributed by atoms with van der Waals surface area (Å²) in [4.78, 5) is 38.3. The van der Waals surface area contributed by atoms with E-state index >= 15 is 0 Å². The van der Waals surface area contributed by atoms with Crippen LogP contribution in [0.2, 0.25) is 0 Å². The van der Waals surface area contributed by atoms with Gasteiger partial charge in [-0.15, -0.1) is 0 Å². The summed E-state index contributed by atoms with van der Waals surface area (Å²) < 4.78 is 10.5. The van der Waals surface area contributed by atoms with Crippen molar-refractivity contribution in [1.82, 2.24) is 10.6 Å². The van der Waals surface area contributed by atoms with Crippen LogP contribution in [-0.4, -0.2) is 30.4 Å². The first-order valence-electron chi connectivity index (χ1n) is 11.5. The van der Waals surface area contributed by atoms with Crippen molar-refractivity contribution in [3.8, 4) is 0 Å². The molecule has 0 saturated heterocycles. The second kappa shape index (κ2) is 12.2. The largest absolute Gasteiger partial charge is 0.459 e. The number of carbonyl (C=O) groups is 3. The molecule has 1 atom stereocenters. The molecule has 0 aliphatic rings. The number of hydrogen-bond acceptors (Lipinski definition) is 5. The first-order valence-corrected chi connectivity index (χ1v) is 11.5. The van der Waals surface area contributed by atoms with Crippen molar-refractivity contribution in [2.45, 2.75) is 18.5 Å². The maximum atomic E-state index is 12.9. The minimum Gasteiger partial charge on any atom is -0.459 e.